The summed E-state index contributed by atoms with van der Waals surface area (Å²) in [6.45, 7) is 3.69. The van der Waals surface area contributed by atoms with Gasteiger partial charge in [-0.05, 0) is 57.5 Å². The Morgan fingerprint density at radius 2 is 1.92 bits per heavy atom. The number of rotatable bonds is 5. The smallest absolute Gasteiger partial charge is 0.416 e. The van der Waals surface area contributed by atoms with Crippen molar-refractivity contribution in [1.82, 2.24) is 9.80 Å². The molecule has 2 unspecified atom stereocenters. The zero-order valence-electron chi connectivity index (χ0n) is 14.6. The van der Waals surface area contributed by atoms with E-state index >= 15 is 0 Å². The molecule has 7 heteroatoms. The van der Waals surface area contributed by atoms with Crippen LogP contribution >= 0.6 is 0 Å². The molecule has 0 saturated carbocycles. The molecule has 0 aromatic heterocycles. The molecule has 0 spiro atoms. The van der Waals surface area contributed by atoms with Crippen molar-refractivity contribution in [2.45, 2.75) is 44.4 Å². The number of carboxylic acid groups (broad SMARTS) is 1. The number of hydrogen-bond donors (Lipinski definition) is 1. The summed E-state index contributed by atoms with van der Waals surface area (Å²) in [4.78, 5) is 15.0. The second-order valence-electron chi connectivity index (χ2n) is 6.73. The average molecular weight is 358 g/mol. The van der Waals surface area contributed by atoms with Crippen molar-refractivity contribution in [2.24, 2.45) is 0 Å². The topological polar surface area (TPSA) is 43.8 Å². The number of halogens is 3. The molecule has 1 aliphatic rings. The van der Waals surface area contributed by atoms with Crippen molar-refractivity contribution in [3.8, 4) is 0 Å². The molecule has 2 rings (SSSR count). The Kier molecular flexibility index (Phi) is 6.46. The monoisotopic (exact) mass is 358 g/mol. The minimum atomic E-state index is -4.31. The first-order valence-electron chi connectivity index (χ1n) is 8.51. The summed E-state index contributed by atoms with van der Waals surface area (Å²) < 4.78 is 38.0. The zero-order chi connectivity index (χ0) is 18.6. The van der Waals surface area contributed by atoms with E-state index in [4.69, 9.17) is 5.11 Å². The van der Waals surface area contributed by atoms with Crippen LogP contribution in [0, 0.1) is 0 Å². The van der Waals surface area contributed by atoms with Crippen LogP contribution in [0.4, 0.5) is 13.2 Å². The van der Waals surface area contributed by atoms with Gasteiger partial charge in [-0.15, -0.1) is 0 Å². The average Bonchev–Trinajstić information content (AvgIpc) is 2.79. The number of carboxylic acids is 1. The highest BCUT2D eigenvalue weighted by atomic mass is 19.4. The Balaban J connectivity index is 1.98. The van der Waals surface area contributed by atoms with Crippen LogP contribution in [0.3, 0.4) is 0 Å². The van der Waals surface area contributed by atoms with Crippen LogP contribution in [0.2, 0.25) is 0 Å². The molecule has 25 heavy (non-hydrogen) atoms. The van der Waals surface area contributed by atoms with Gasteiger partial charge in [0.05, 0.1) is 12.1 Å². The first kappa shape index (κ1) is 19.7. The van der Waals surface area contributed by atoms with Crippen molar-refractivity contribution in [1.29, 1.82) is 0 Å². The minimum Gasteiger partial charge on any atom is -0.480 e. The van der Waals surface area contributed by atoms with Crippen LogP contribution in [-0.2, 0) is 11.0 Å². The Bertz CT molecular complexity index is 575. The van der Waals surface area contributed by atoms with Gasteiger partial charge < -0.3 is 5.11 Å². The molecule has 1 heterocycles. The van der Waals surface area contributed by atoms with Gasteiger partial charge in [0.15, 0.2) is 0 Å². The normalized spacial score (nSPS) is 21.1. The number of nitrogens with zero attached hydrogens (tertiary/aromatic N) is 2. The molecule has 4 nitrogen and oxygen atoms in total. The molecule has 0 amide bonds. The number of likely N-dealkylation sites (N-methyl/N-ethyl adjacent to an activating group) is 1. The molecule has 1 aliphatic heterocycles. The molecule has 140 valence electrons. The molecule has 2 atom stereocenters. The van der Waals surface area contributed by atoms with Gasteiger partial charge in [-0.1, -0.05) is 12.1 Å². The van der Waals surface area contributed by atoms with E-state index in [-0.39, 0.29) is 18.6 Å². The van der Waals surface area contributed by atoms with Crippen LogP contribution < -0.4 is 0 Å². The van der Waals surface area contributed by atoms with Crippen molar-refractivity contribution in [3.63, 3.8) is 0 Å². The van der Waals surface area contributed by atoms with Crippen LogP contribution in [-0.4, -0.2) is 53.6 Å². The van der Waals surface area contributed by atoms with E-state index in [1.165, 1.54) is 0 Å². The van der Waals surface area contributed by atoms with Crippen molar-refractivity contribution < 1.29 is 23.1 Å². The fourth-order valence-electron chi connectivity index (χ4n) is 3.43. The van der Waals surface area contributed by atoms with Crippen molar-refractivity contribution in [2.75, 3.05) is 26.7 Å². The van der Waals surface area contributed by atoms with Gasteiger partial charge in [0.1, 0.15) is 0 Å². The Morgan fingerprint density at radius 3 is 2.48 bits per heavy atom. The number of hydrogen-bond acceptors (Lipinski definition) is 3. The fourth-order valence-corrected chi connectivity index (χ4v) is 3.43. The van der Waals surface area contributed by atoms with E-state index in [1.807, 2.05) is 18.9 Å². The zero-order valence-corrected chi connectivity index (χ0v) is 14.6. The first-order valence-corrected chi connectivity index (χ1v) is 8.51. The molecule has 0 radical (unpaired) electrons. The Labute approximate surface area is 146 Å². The Hall–Kier alpha value is -1.60. The van der Waals surface area contributed by atoms with Crippen LogP contribution in [0.1, 0.15) is 43.4 Å². The largest absolute Gasteiger partial charge is 0.480 e. The maximum absolute atomic E-state index is 12.7. The van der Waals surface area contributed by atoms with Crippen molar-refractivity contribution in [3.05, 3.63) is 35.4 Å². The summed E-state index contributed by atoms with van der Waals surface area (Å²) in [5.74, 6) is -0.832. The third-order valence-electron chi connectivity index (χ3n) is 5.01. The van der Waals surface area contributed by atoms with Gasteiger partial charge in [0.2, 0.25) is 0 Å². The highest BCUT2D eigenvalue weighted by Gasteiger charge is 2.30. The quantitative estimate of drug-likeness (QED) is 0.873. The van der Waals surface area contributed by atoms with Gasteiger partial charge in [0.25, 0.3) is 0 Å². The summed E-state index contributed by atoms with van der Waals surface area (Å²) in [6.07, 6.45) is -1.58. The molecule has 1 aromatic carbocycles. The van der Waals surface area contributed by atoms with Crippen LogP contribution in [0.15, 0.2) is 24.3 Å². The molecular formula is C18H25F3N2O2. The van der Waals surface area contributed by atoms with E-state index in [0.29, 0.717) is 0 Å². The molecular weight excluding hydrogens is 333 g/mol. The van der Waals surface area contributed by atoms with E-state index < -0.39 is 17.7 Å². The molecule has 1 saturated heterocycles. The lowest BCUT2D eigenvalue weighted by Gasteiger charge is -2.29. The van der Waals surface area contributed by atoms with Crippen LogP contribution in [0.5, 0.6) is 0 Å². The highest BCUT2D eigenvalue weighted by Crippen LogP contribution is 2.31. The van der Waals surface area contributed by atoms with Gasteiger partial charge >= 0.3 is 12.1 Å². The summed E-state index contributed by atoms with van der Waals surface area (Å²) >= 11 is 0. The predicted molar refractivity (Wildman–Crippen MR) is 89.3 cm³/mol. The van der Waals surface area contributed by atoms with Crippen LogP contribution in [0.25, 0.3) is 0 Å². The standard InChI is InChI=1S/C18H25F3N2O2/c1-13(14-5-7-15(8-6-14)18(19,20)21)23-10-3-4-16(9-11-23)22(2)12-17(24)25/h5-8,13,16H,3-4,9-12H2,1-2H3,(H,24,25). The molecule has 0 aliphatic carbocycles. The summed E-state index contributed by atoms with van der Waals surface area (Å²) in [5, 5.41) is 8.92. The highest BCUT2D eigenvalue weighted by molar-refractivity contribution is 5.69. The lowest BCUT2D eigenvalue weighted by molar-refractivity contribution is -0.139. The lowest BCUT2D eigenvalue weighted by atomic mass is 10.0. The van der Waals surface area contributed by atoms with E-state index in [9.17, 15) is 18.0 Å². The number of likely N-dealkylation sites (tertiary alicyclic amines) is 1. The third kappa shape index (κ3) is 5.44. The van der Waals surface area contributed by atoms with E-state index in [2.05, 4.69) is 4.90 Å². The molecule has 1 N–H and O–H groups in total. The third-order valence-corrected chi connectivity index (χ3v) is 5.01. The number of carbonyl (C=O) groups is 1. The van der Waals surface area contributed by atoms with Gasteiger partial charge in [0, 0.05) is 18.6 Å². The summed E-state index contributed by atoms with van der Waals surface area (Å²) in [7, 11) is 1.83. The fraction of sp³-hybridized carbons (Fsp3) is 0.611. The second-order valence-corrected chi connectivity index (χ2v) is 6.73. The Morgan fingerprint density at radius 1 is 1.28 bits per heavy atom. The van der Waals surface area contributed by atoms with E-state index in [1.54, 1.807) is 12.1 Å². The van der Waals surface area contributed by atoms with Gasteiger partial charge in [-0.25, -0.2) is 0 Å². The second kappa shape index (κ2) is 8.19. The lowest BCUT2D eigenvalue weighted by Crippen LogP contribution is -2.36. The molecule has 0 bridgehead atoms. The van der Waals surface area contributed by atoms with Gasteiger partial charge in [-0.3, -0.25) is 14.6 Å². The van der Waals surface area contributed by atoms with Crippen molar-refractivity contribution >= 4 is 5.97 Å². The van der Waals surface area contributed by atoms with Gasteiger partial charge in [-0.2, -0.15) is 13.2 Å². The molecule has 1 aromatic rings. The first-order chi connectivity index (χ1) is 11.7. The number of benzene rings is 1. The summed E-state index contributed by atoms with van der Waals surface area (Å²) in [6, 6.07) is 5.62. The maximum Gasteiger partial charge on any atom is 0.416 e. The maximum atomic E-state index is 12.7. The predicted octanol–water partition coefficient (Wildman–Crippen LogP) is 3.64. The summed E-state index contributed by atoms with van der Waals surface area (Å²) in [5.41, 5.74) is 0.236. The minimum absolute atomic E-state index is 0.0269. The number of alkyl halides is 3. The number of aliphatic carboxylic acids is 1. The van der Waals surface area contributed by atoms with E-state index in [0.717, 1.165) is 50.0 Å². The molecule has 1 fully saturated rings. The SMILES string of the molecule is CC(c1ccc(C(F)(F)F)cc1)N1CCCC(N(C)CC(=O)O)CC1.